The minimum Gasteiger partial charge on any atom is -0.507 e. The molecule has 2 aromatic carbocycles. The summed E-state index contributed by atoms with van der Waals surface area (Å²) in [7, 11) is 3.95. The highest BCUT2D eigenvalue weighted by atomic mass is 35.5. The van der Waals surface area contributed by atoms with Crippen LogP contribution in [0.4, 0.5) is 0 Å². The third-order valence-electron chi connectivity index (χ3n) is 4.64. The maximum atomic E-state index is 12.8. The summed E-state index contributed by atoms with van der Waals surface area (Å²) in [4.78, 5) is 28.2. The molecule has 0 saturated carbocycles. The van der Waals surface area contributed by atoms with Gasteiger partial charge in [-0.25, -0.2) is 0 Å². The highest BCUT2D eigenvalue weighted by molar-refractivity contribution is 6.47. The van der Waals surface area contributed by atoms with Crippen LogP contribution in [0.15, 0.2) is 60.2 Å². The zero-order valence-corrected chi connectivity index (χ0v) is 16.0. The SMILES string of the molecule is C[NH+](C)CCN1C(=O)C(=O)C(=C(O)c2ccccc2)[C@H]1c1ccccc1Cl. The van der Waals surface area contributed by atoms with E-state index in [9.17, 15) is 14.7 Å². The summed E-state index contributed by atoms with van der Waals surface area (Å²) in [5.74, 6) is -1.48. The Bertz CT molecular complexity index is 893. The zero-order chi connectivity index (χ0) is 19.6. The molecule has 1 aliphatic rings. The largest absolute Gasteiger partial charge is 0.507 e. The Hall–Kier alpha value is -2.63. The van der Waals surface area contributed by atoms with E-state index in [1.165, 1.54) is 4.90 Å². The fourth-order valence-corrected chi connectivity index (χ4v) is 3.47. The topological polar surface area (TPSA) is 62.0 Å². The molecule has 1 heterocycles. The van der Waals surface area contributed by atoms with Gasteiger partial charge in [0.05, 0.1) is 38.8 Å². The molecule has 5 nitrogen and oxygen atoms in total. The fraction of sp³-hybridized carbons (Fsp3) is 0.238. The molecule has 2 N–H and O–H groups in total. The number of quaternary nitrogens is 1. The van der Waals surface area contributed by atoms with Crippen LogP contribution in [-0.2, 0) is 9.59 Å². The van der Waals surface area contributed by atoms with E-state index in [2.05, 4.69) is 0 Å². The van der Waals surface area contributed by atoms with Crippen molar-refractivity contribution in [1.82, 2.24) is 4.90 Å². The standard InChI is InChI=1S/C21H21ClN2O3/c1-23(2)12-13-24-18(15-10-6-7-11-16(15)22)17(20(26)21(24)27)19(25)14-8-4-3-5-9-14/h3-11,18,25H,12-13H2,1-2H3/p+1/t18-/m1/s1. The van der Waals surface area contributed by atoms with Crippen molar-refractivity contribution in [1.29, 1.82) is 0 Å². The van der Waals surface area contributed by atoms with Gasteiger partial charge in [0.2, 0.25) is 0 Å². The first-order valence-electron chi connectivity index (χ1n) is 8.79. The second kappa shape index (κ2) is 7.94. The number of benzene rings is 2. The van der Waals surface area contributed by atoms with Gasteiger partial charge in [-0.15, -0.1) is 0 Å². The number of nitrogens with one attached hydrogen (secondary N) is 1. The molecule has 1 fully saturated rings. The van der Waals surface area contributed by atoms with Crippen molar-refractivity contribution in [2.75, 3.05) is 27.2 Å². The number of halogens is 1. The van der Waals surface area contributed by atoms with E-state index in [-0.39, 0.29) is 11.3 Å². The fourth-order valence-electron chi connectivity index (χ4n) is 3.23. The lowest BCUT2D eigenvalue weighted by Crippen LogP contribution is -3.06. The van der Waals surface area contributed by atoms with Crippen LogP contribution < -0.4 is 4.90 Å². The van der Waals surface area contributed by atoms with Crippen LogP contribution in [0, 0.1) is 0 Å². The van der Waals surface area contributed by atoms with Gasteiger partial charge in [-0.3, -0.25) is 9.59 Å². The number of nitrogens with zero attached hydrogens (tertiary/aromatic N) is 1. The van der Waals surface area contributed by atoms with Crippen LogP contribution in [0.5, 0.6) is 0 Å². The van der Waals surface area contributed by atoms with Crippen molar-refractivity contribution in [2.24, 2.45) is 0 Å². The van der Waals surface area contributed by atoms with Gasteiger partial charge < -0.3 is 14.9 Å². The highest BCUT2D eigenvalue weighted by Gasteiger charge is 2.46. The van der Waals surface area contributed by atoms with Crippen LogP contribution in [-0.4, -0.2) is 48.9 Å². The van der Waals surface area contributed by atoms with Crippen molar-refractivity contribution < 1.29 is 19.6 Å². The minimum atomic E-state index is -0.710. The lowest BCUT2D eigenvalue weighted by atomic mass is 9.95. The molecule has 1 aliphatic heterocycles. The van der Waals surface area contributed by atoms with Crippen LogP contribution >= 0.6 is 11.6 Å². The number of hydrogen-bond donors (Lipinski definition) is 2. The second-order valence-corrected chi connectivity index (χ2v) is 7.24. The molecule has 3 rings (SSSR count). The Morgan fingerprint density at radius 2 is 1.70 bits per heavy atom. The first kappa shape index (κ1) is 19.1. The van der Waals surface area contributed by atoms with Gasteiger partial charge in [-0.2, -0.15) is 0 Å². The maximum absolute atomic E-state index is 12.8. The molecule has 140 valence electrons. The molecule has 6 heteroatoms. The Balaban J connectivity index is 2.17. The Morgan fingerprint density at radius 3 is 2.33 bits per heavy atom. The molecule has 0 radical (unpaired) electrons. The summed E-state index contributed by atoms with van der Waals surface area (Å²) in [5.41, 5.74) is 1.20. The minimum absolute atomic E-state index is 0.0769. The van der Waals surface area contributed by atoms with Crippen molar-refractivity contribution in [2.45, 2.75) is 6.04 Å². The maximum Gasteiger partial charge on any atom is 0.295 e. The number of hydrogen-bond acceptors (Lipinski definition) is 3. The molecule has 1 amide bonds. The predicted molar refractivity (Wildman–Crippen MR) is 105 cm³/mol. The van der Waals surface area contributed by atoms with E-state index >= 15 is 0 Å². The summed E-state index contributed by atoms with van der Waals surface area (Å²) in [5, 5.41) is 11.3. The molecule has 0 aliphatic carbocycles. The van der Waals surface area contributed by atoms with E-state index < -0.39 is 17.7 Å². The number of rotatable bonds is 5. The number of carbonyl (C=O) groups excluding carboxylic acids is 2. The Kier molecular flexibility index (Phi) is 5.63. The van der Waals surface area contributed by atoms with Crippen LogP contribution in [0.25, 0.3) is 5.76 Å². The molecule has 2 aromatic rings. The van der Waals surface area contributed by atoms with Gasteiger partial charge in [0.25, 0.3) is 11.7 Å². The number of aliphatic hydroxyl groups is 1. The van der Waals surface area contributed by atoms with Crippen LogP contribution in [0.3, 0.4) is 0 Å². The number of Topliss-reactive ketones (excluding diaryl/α,β-unsaturated/α-hetero) is 1. The summed E-state index contributed by atoms with van der Waals surface area (Å²) in [6, 6.07) is 15.2. The van der Waals surface area contributed by atoms with Crippen molar-refractivity contribution in [3.05, 3.63) is 76.3 Å². The summed E-state index contributed by atoms with van der Waals surface area (Å²) < 4.78 is 0. The smallest absolute Gasteiger partial charge is 0.295 e. The summed E-state index contributed by atoms with van der Waals surface area (Å²) in [6.45, 7) is 1.05. The molecule has 0 bridgehead atoms. The number of aliphatic hydroxyl groups excluding tert-OH is 1. The third-order valence-corrected chi connectivity index (χ3v) is 4.98. The normalized spacial score (nSPS) is 19.1. The summed E-state index contributed by atoms with van der Waals surface area (Å²) >= 11 is 6.39. The van der Waals surface area contributed by atoms with Crippen molar-refractivity contribution in [3.63, 3.8) is 0 Å². The monoisotopic (exact) mass is 385 g/mol. The third kappa shape index (κ3) is 3.75. The van der Waals surface area contributed by atoms with E-state index in [1.54, 1.807) is 48.5 Å². The van der Waals surface area contributed by atoms with Gasteiger partial charge in [0.1, 0.15) is 5.76 Å². The van der Waals surface area contributed by atoms with Gasteiger partial charge >= 0.3 is 0 Å². The first-order chi connectivity index (χ1) is 12.9. The number of likely N-dealkylation sites (N-methyl/N-ethyl adjacent to an activating group) is 1. The zero-order valence-electron chi connectivity index (χ0n) is 15.3. The average molecular weight is 386 g/mol. The number of carbonyl (C=O) groups is 2. The number of ketones is 1. The number of amides is 1. The quantitative estimate of drug-likeness (QED) is 0.469. The van der Waals surface area contributed by atoms with Crippen LogP contribution in [0.1, 0.15) is 17.2 Å². The molecule has 1 atom stereocenters. The predicted octanol–water partition coefficient (Wildman–Crippen LogP) is 1.91. The molecular weight excluding hydrogens is 364 g/mol. The molecular formula is C21H22ClN2O3+. The molecule has 1 saturated heterocycles. The Labute approximate surface area is 163 Å². The van der Waals surface area contributed by atoms with Crippen molar-refractivity contribution in [3.8, 4) is 0 Å². The highest BCUT2D eigenvalue weighted by Crippen LogP contribution is 2.41. The Morgan fingerprint density at radius 1 is 1.07 bits per heavy atom. The van der Waals surface area contributed by atoms with Gasteiger partial charge in [0, 0.05) is 10.6 Å². The van der Waals surface area contributed by atoms with Gasteiger partial charge in [0.15, 0.2) is 0 Å². The van der Waals surface area contributed by atoms with E-state index in [0.29, 0.717) is 29.2 Å². The van der Waals surface area contributed by atoms with E-state index in [4.69, 9.17) is 11.6 Å². The first-order valence-corrected chi connectivity index (χ1v) is 9.17. The van der Waals surface area contributed by atoms with Crippen LogP contribution in [0.2, 0.25) is 5.02 Å². The van der Waals surface area contributed by atoms with Crippen molar-refractivity contribution >= 4 is 29.1 Å². The molecule has 0 unspecified atom stereocenters. The van der Waals surface area contributed by atoms with Gasteiger partial charge in [-0.1, -0.05) is 60.1 Å². The lowest BCUT2D eigenvalue weighted by Gasteiger charge is -2.26. The molecule has 0 aromatic heterocycles. The van der Waals surface area contributed by atoms with Gasteiger partial charge in [-0.05, 0) is 11.6 Å². The lowest BCUT2D eigenvalue weighted by molar-refractivity contribution is -0.857. The van der Waals surface area contributed by atoms with E-state index in [1.807, 2.05) is 20.2 Å². The average Bonchev–Trinajstić information content (AvgIpc) is 2.91. The number of likely N-dealkylation sites (tertiary alicyclic amines) is 1. The molecule has 27 heavy (non-hydrogen) atoms. The molecule has 0 spiro atoms. The summed E-state index contributed by atoms with van der Waals surface area (Å²) in [6.07, 6.45) is 0. The second-order valence-electron chi connectivity index (χ2n) is 6.84. The van der Waals surface area contributed by atoms with E-state index in [0.717, 1.165) is 4.90 Å².